The number of thiophene rings is 1. The predicted molar refractivity (Wildman–Crippen MR) is 82.3 cm³/mol. The average Bonchev–Trinajstić information content (AvgIpc) is 2.78. The molecule has 2 heterocycles. The Labute approximate surface area is 116 Å². The van der Waals surface area contributed by atoms with Gasteiger partial charge in [0.1, 0.15) is 0 Å². The second kappa shape index (κ2) is 3.77. The van der Waals surface area contributed by atoms with Crippen LogP contribution in [0.1, 0.15) is 0 Å². The summed E-state index contributed by atoms with van der Waals surface area (Å²) < 4.78 is 3.79. The molecule has 86 valence electrons. The van der Waals surface area contributed by atoms with E-state index in [1.54, 1.807) is 0 Å². The number of hydrogen-bond donors (Lipinski definition) is 0. The molecule has 18 heavy (non-hydrogen) atoms. The number of pyridine rings is 1. The van der Waals surface area contributed by atoms with Crippen molar-refractivity contribution in [3.05, 3.63) is 53.3 Å². The molecule has 0 spiro atoms. The molecule has 4 aromatic rings. The van der Waals surface area contributed by atoms with Gasteiger partial charge in [-0.15, -0.1) is 11.3 Å². The third kappa shape index (κ3) is 1.35. The maximum absolute atomic E-state index is 4.26. The summed E-state index contributed by atoms with van der Waals surface area (Å²) in [5, 5.41) is 5.08. The number of aromatic nitrogens is 1. The Morgan fingerprint density at radius 2 is 1.83 bits per heavy atom. The summed E-state index contributed by atoms with van der Waals surface area (Å²) in [6.45, 7) is 0. The van der Waals surface area contributed by atoms with E-state index in [4.69, 9.17) is 0 Å². The van der Waals surface area contributed by atoms with E-state index >= 15 is 0 Å². The van der Waals surface area contributed by atoms with E-state index in [0.29, 0.717) is 0 Å². The van der Waals surface area contributed by atoms with Gasteiger partial charge < -0.3 is 0 Å². The first-order valence-electron chi connectivity index (χ1n) is 5.68. The van der Waals surface area contributed by atoms with Crippen LogP contribution in [0.25, 0.3) is 30.9 Å². The number of fused-ring (bicyclic) bond motifs is 5. The van der Waals surface area contributed by atoms with Crippen LogP contribution in [0, 0.1) is 0 Å². The molecule has 2 aromatic carbocycles. The second-order valence-electron chi connectivity index (χ2n) is 4.25. The highest BCUT2D eigenvalue weighted by Crippen LogP contribution is 2.40. The Balaban J connectivity index is 2.36. The maximum atomic E-state index is 4.26. The predicted octanol–water partition coefficient (Wildman–Crippen LogP) is 5.37. The zero-order valence-electron chi connectivity index (χ0n) is 9.35. The average molecular weight is 314 g/mol. The number of benzene rings is 2. The molecule has 3 heteroatoms. The van der Waals surface area contributed by atoms with Crippen molar-refractivity contribution in [1.82, 2.24) is 4.98 Å². The molecule has 2 aromatic heterocycles. The van der Waals surface area contributed by atoms with Crippen molar-refractivity contribution in [2.75, 3.05) is 0 Å². The molecular weight excluding hydrogens is 306 g/mol. The normalized spacial score (nSPS) is 11.6. The van der Waals surface area contributed by atoms with Crippen molar-refractivity contribution in [2.24, 2.45) is 0 Å². The van der Waals surface area contributed by atoms with Crippen LogP contribution in [0.2, 0.25) is 0 Å². The minimum Gasteiger partial charge on any atom is -0.264 e. The molecule has 0 saturated heterocycles. The monoisotopic (exact) mass is 313 g/mol. The first-order valence-corrected chi connectivity index (χ1v) is 7.29. The fraction of sp³-hybridized carbons (Fsp3) is 0. The van der Waals surface area contributed by atoms with Crippen molar-refractivity contribution in [2.45, 2.75) is 0 Å². The highest BCUT2D eigenvalue weighted by molar-refractivity contribution is 9.10. The van der Waals surface area contributed by atoms with Crippen LogP contribution in [0.3, 0.4) is 0 Å². The number of nitrogens with zero attached hydrogens (tertiary/aromatic N) is 1. The van der Waals surface area contributed by atoms with Gasteiger partial charge in [0.05, 0.1) is 0 Å². The van der Waals surface area contributed by atoms with E-state index in [9.17, 15) is 0 Å². The van der Waals surface area contributed by atoms with Gasteiger partial charge >= 0.3 is 0 Å². The molecule has 0 bridgehead atoms. The molecule has 0 fully saturated rings. The molecule has 0 radical (unpaired) electrons. The van der Waals surface area contributed by atoms with Crippen LogP contribution >= 0.6 is 27.3 Å². The molecule has 1 nitrogen and oxygen atoms in total. The van der Waals surface area contributed by atoms with Crippen LogP contribution < -0.4 is 0 Å². The number of hydrogen-bond acceptors (Lipinski definition) is 2. The van der Waals surface area contributed by atoms with Crippen molar-refractivity contribution in [1.29, 1.82) is 0 Å². The van der Waals surface area contributed by atoms with Gasteiger partial charge in [-0.3, -0.25) is 4.98 Å². The molecule has 4 rings (SSSR count). The SMILES string of the molecule is Brc1cc2c3ccccc3sc2c2cnccc12. The third-order valence-electron chi connectivity index (χ3n) is 3.23. The van der Waals surface area contributed by atoms with Gasteiger partial charge in [0.25, 0.3) is 0 Å². The van der Waals surface area contributed by atoms with Crippen LogP contribution in [0.15, 0.2) is 53.3 Å². The van der Waals surface area contributed by atoms with Gasteiger partial charge in [0, 0.05) is 47.8 Å². The fourth-order valence-corrected chi connectivity index (χ4v) is 4.18. The highest BCUT2D eigenvalue weighted by Gasteiger charge is 2.10. The highest BCUT2D eigenvalue weighted by atomic mass is 79.9. The summed E-state index contributed by atoms with van der Waals surface area (Å²) in [4.78, 5) is 4.26. The molecule has 0 unspecified atom stereocenters. The van der Waals surface area contributed by atoms with E-state index in [2.05, 4.69) is 57.3 Å². The Bertz CT molecular complexity index is 895. The van der Waals surface area contributed by atoms with Gasteiger partial charge in [0.2, 0.25) is 0 Å². The standard InChI is InChI=1S/C15H8BrNS/c16-13-7-11-10-3-1-2-4-14(10)18-15(11)12-8-17-6-5-9(12)13/h1-8H. The van der Waals surface area contributed by atoms with Crippen LogP contribution in [-0.2, 0) is 0 Å². The Kier molecular flexibility index (Phi) is 2.19. The molecule has 0 aliphatic heterocycles. The van der Waals surface area contributed by atoms with Gasteiger partial charge in [0.15, 0.2) is 0 Å². The minimum atomic E-state index is 1.14. The molecule has 0 aliphatic rings. The second-order valence-corrected chi connectivity index (χ2v) is 6.16. The van der Waals surface area contributed by atoms with Crippen molar-refractivity contribution in [3.8, 4) is 0 Å². The summed E-state index contributed by atoms with van der Waals surface area (Å²) in [7, 11) is 0. The number of rotatable bonds is 0. The molecule has 0 amide bonds. The van der Waals surface area contributed by atoms with Crippen molar-refractivity contribution < 1.29 is 0 Å². The van der Waals surface area contributed by atoms with E-state index in [1.807, 2.05) is 23.7 Å². The summed E-state index contributed by atoms with van der Waals surface area (Å²) in [6, 6.07) is 12.8. The molecule has 0 atom stereocenters. The van der Waals surface area contributed by atoms with Crippen LogP contribution in [0.5, 0.6) is 0 Å². The third-order valence-corrected chi connectivity index (χ3v) is 5.10. The minimum absolute atomic E-state index is 1.14. The Hall–Kier alpha value is -1.45. The zero-order chi connectivity index (χ0) is 12.1. The van der Waals surface area contributed by atoms with Gasteiger partial charge in [-0.2, -0.15) is 0 Å². The Morgan fingerprint density at radius 1 is 0.944 bits per heavy atom. The fourth-order valence-electron chi connectivity index (χ4n) is 2.40. The van der Waals surface area contributed by atoms with Gasteiger partial charge in [-0.1, -0.05) is 34.1 Å². The lowest BCUT2D eigenvalue weighted by Crippen LogP contribution is -1.77. The lowest BCUT2D eigenvalue weighted by atomic mass is 10.1. The largest absolute Gasteiger partial charge is 0.264 e. The molecule has 0 N–H and O–H groups in total. The van der Waals surface area contributed by atoms with Gasteiger partial charge in [-0.05, 0) is 18.2 Å². The molecule has 0 saturated carbocycles. The van der Waals surface area contributed by atoms with Crippen LogP contribution in [-0.4, -0.2) is 4.98 Å². The molecular formula is C15H8BrNS. The molecule has 0 aliphatic carbocycles. The first kappa shape index (κ1) is 10.5. The summed E-state index contributed by atoms with van der Waals surface area (Å²) >= 11 is 5.50. The van der Waals surface area contributed by atoms with Gasteiger partial charge in [-0.25, -0.2) is 0 Å². The zero-order valence-corrected chi connectivity index (χ0v) is 11.8. The topological polar surface area (TPSA) is 12.9 Å². The van der Waals surface area contributed by atoms with E-state index < -0.39 is 0 Å². The first-order chi connectivity index (χ1) is 8.84. The number of halogens is 1. The lowest BCUT2D eigenvalue weighted by molar-refractivity contribution is 1.37. The van der Waals surface area contributed by atoms with Crippen molar-refractivity contribution >= 4 is 58.2 Å². The lowest BCUT2D eigenvalue weighted by Gasteiger charge is -2.01. The quantitative estimate of drug-likeness (QED) is 0.425. The van der Waals surface area contributed by atoms with E-state index in [0.717, 1.165) is 4.47 Å². The summed E-state index contributed by atoms with van der Waals surface area (Å²) in [5.41, 5.74) is 0. The van der Waals surface area contributed by atoms with E-state index in [1.165, 1.54) is 30.9 Å². The maximum Gasteiger partial charge on any atom is 0.0450 e. The van der Waals surface area contributed by atoms with E-state index in [-0.39, 0.29) is 0 Å². The smallest absolute Gasteiger partial charge is 0.0450 e. The summed E-state index contributed by atoms with van der Waals surface area (Å²) in [5.74, 6) is 0. The van der Waals surface area contributed by atoms with Crippen LogP contribution in [0.4, 0.5) is 0 Å². The summed E-state index contributed by atoms with van der Waals surface area (Å²) in [6.07, 6.45) is 3.80. The van der Waals surface area contributed by atoms with Crippen molar-refractivity contribution in [3.63, 3.8) is 0 Å². The Morgan fingerprint density at radius 3 is 2.78 bits per heavy atom.